The molecule has 0 unspecified atom stereocenters. The molecular formula is C12H20N4O3. The molecule has 0 spiro atoms. The van der Waals surface area contributed by atoms with Crippen molar-refractivity contribution in [3.05, 3.63) is 18.2 Å². The third kappa shape index (κ3) is 5.89. The second-order valence-corrected chi connectivity index (χ2v) is 4.22. The van der Waals surface area contributed by atoms with E-state index in [1.165, 1.54) is 0 Å². The van der Waals surface area contributed by atoms with E-state index in [0.29, 0.717) is 19.4 Å². The normalized spacial score (nSPS) is 11.8. The fraction of sp³-hybridized carbons (Fsp3) is 0.583. The maximum Gasteiger partial charge on any atom is 0.326 e. The second-order valence-electron chi connectivity index (χ2n) is 4.22. The molecule has 0 saturated heterocycles. The molecule has 0 aliphatic carbocycles. The summed E-state index contributed by atoms with van der Waals surface area (Å²) >= 11 is 0. The number of H-pyrrole nitrogens is 1. The van der Waals surface area contributed by atoms with Gasteiger partial charge in [0.15, 0.2) is 0 Å². The molecule has 0 aliphatic heterocycles. The number of aryl methyl sites for hydroxylation is 1. The van der Waals surface area contributed by atoms with Crippen LogP contribution in [0.15, 0.2) is 12.4 Å². The highest BCUT2D eigenvalue weighted by Gasteiger charge is 2.18. The van der Waals surface area contributed by atoms with Crippen molar-refractivity contribution in [3.8, 4) is 0 Å². The second kappa shape index (κ2) is 8.12. The molecular weight excluding hydrogens is 248 g/mol. The van der Waals surface area contributed by atoms with Crippen molar-refractivity contribution in [2.24, 2.45) is 0 Å². The van der Waals surface area contributed by atoms with Crippen LogP contribution in [0.3, 0.4) is 0 Å². The quantitative estimate of drug-likeness (QED) is 0.525. The predicted molar refractivity (Wildman–Crippen MR) is 69.8 cm³/mol. The number of amides is 2. The van der Waals surface area contributed by atoms with E-state index in [2.05, 4.69) is 20.6 Å². The maximum absolute atomic E-state index is 11.5. The molecule has 1 atom stereocenters. The van der Waals surface area contributed by atoms with Gasteiger partial charge in [0.25, 0.3) is 0 Å². The lowest BCUT2D eigenvalue weighted by atomic mass is 10.2. The molecule has 1 aromatic rings. The van der Waals surface area contributed by atoms with E-state index in [4.69, 9.17) is 5.11 Å². The molecule has 7 heteroatoms. The number of rotatable bonds is 8. The Morgan fingerprint density at radius 1 is 1.53 bits per heavy atom. The standard InChI is InChI=1S/C12H20N4O3/c1-2-4-9(11(17)18)16-12(19)15-6-3-5-10-13-7-8-14-10/h7-9H,2-6H2,1H3,(H,13,14)(H,17,18)(H2,15,16,19)/t9-/m1/s1. The number of urea groups is 1. The minimum absolute atomic E-state index is 0.426. The van der Waals surface area contributed by atoms with Crippen LogP contribution in [0.2, 0.25) is 0 Å². The van der Waals surface area contributed by atoms with Crippen LogP contribution in [-0.2, 0) is 11.2 Å². The molecule has 0 bridgehead atoms. The van der Waals surface area contributed by atoms with Gasteiger partial charge in [-0.2, -0.15) is 0 Å². The highest BCUT2D eigenvalue weighted by molar-refractivity contribution is 5.82. The summed E-state index contributed by atoms with van der Waals surface area (Å²) in [6, 6.07) is -1.27. The first-order chi connectivity index (χ1) is 9.13. The molecule has 7 nitrogen and oxygen atoms in total. The van der Waals surface area contributed by atoms with Crippen LogP contribution in [0.5, 0.6) is 0 Å². The molecule has 0 aromatic carbocycles. The summed E-state index contributed by atoms with van der Waals surface area (Å²) in [6.07, 6.45) is 6.04. The Morgan fingerprint density at radius 2 is 2.32 bits per heavy atom. The Balaban J connectivity index is 2.17. The third-order valence-corrected chi connectivity index (χ3v) is 2.61. The molecule has 2 amide bonds. The minimum Gasteiger partial charge on any atom is -0.480 e. The number of carboxylic acids is 1. The predicted octanol–water partition coefficient (Wildman–Crippen LogP) is 0.895. The number of hydrogen-bond acceptors (Lipinski definition) is 3. The van der Waals surface area contributed by atoms with E-state index in [1.54, 1.807) is 12.4 Å². The molecule has 0 fully saturated rings. The zero-order chi connectivity index (χ0) is 14.1. The monoisotopic (exact) mass is 268 g/mol. The van der Waals surface area contributed by atoms with Gasteiger partial charge in [0.2, 0.25) is 0 Å². The van der Waals surface area contributed by atoms with E-state index in [0.717, 1.165) is 18.7 Å². The van der Waals surface area contributed by atoms with E-state index in [9.17, 15) is 9.59 Å². The number of nitrogens with zero attached hydrogens (tertiary/aromatic N) is 1. The van der Waals surface area contributed by atoms with Gasteiger partial charge < -0.3 is 20.7 Å². The van der Waals surface area contributed by atoms with Gasteiger partial charge in [-0.3, -0.25) is 0 Å². The smallest absolute Gasteiger partial charge is 0.326 e. The minimum atomic E-state index is -1.01. The Bertz CT molecular complexity index is 392. The number of aliphatic carboxylic acids is 1. The number of nitrogens with one attached hydrogen (secondary N) is 3. The summed E-state index contributed by atoms with van der Waals surface area (Å²) in [5.41, 5.74) is 0. The zero-order valence-corrected chi connectivity index (χ0v) is 11.0. The molecule has 1 rings (SSSR count). The topological polar surface area (TPSA) is 107 Å². The van der Waals surface area contributed by atoms with Crippen molar-refractivity contribution in [3.63, 3.8) is 0 Å². The number of aromatic nitrogens is 2. The summed E-state index contributed by atoms with van der Waals surface area (Å²) in [6.45, 7) is 2.35. The van der Waals surface area contributed by atoms with Crippen LogP contribution in [0.1, 0.15) is 32.0 Å². The largest absolute Gasteiger partial charge is 0.480 e. The van der Waals surface area contributed by atoms with Gasteiger partial charge in [-0.05, 0) is 12.8 Å². The van der Waals surface area contributed by atoms with Crippen LogP contribution in [0.25, 0.3) is 0 Å². The van der Waals surface area contributed by atoms with Gasteiger partial charge in [-0.25, -0.2) is 14.6 Å². The average molecular weight is 268 g/mol. The molecule has 4 N–H and O–H groups in total. The van der Waals surface area contributed by atoms with Gasteiger partial charge in [0.1, 0.15) is 11.9 Å². The van der Waals surface area contributed by atoms with E-state index in [-0.39, 0.29) is 0 Å². The van der Waals surface area contributed by atoms with Crippen LogP contribution < -0.4 is 10.6 Å². The number of imidazole rings is 1. The number of carbonyl (C=O) groups excluding carboxylic acids is 1. The number of aromatic amines is 1. The summed E-state index contributed by atoms with van der Waals surface area (Å²) in [7, 11) is 0. The Morgan fingerprint density at radius 3 is 2.89 bits per heavy atom. The van der Waals surface area contributed by atoms with Crippen molar-refractivity contribution in [2.45, 2.75) is 38.6 Å². The zero-order valence-electron chi connectivity index (χ0n) is 11.0. The van der Waals surface area contributed by atoms with E-state index >= 15 is 0 Å². The lowest BCUT2D eigenvalue weighted by Gasteiger charge is -2.14. The molecule has 1 aromatic heterocycles. The summed E-state index contributed by atoms with van der Waals surface area (Å²) in [5, 5.41) is 14.0. The van der Waals surface area contributed by atoms with E-state index in [1.807, 2.05) is 6.92 Å². The van der Waals surface area contributed by atoms with Crippen molar-refractivity contribution in [2.75, 3.05) is 6.54 Å². The number of hydrogen-bond donors (Lipinski definition) is 4. The van der Waals surface area contributed by atoms with Crippen LogP contribution in [-0.4, -0.2) is 39.7 Å². The summed E-state index contributed by atoms with van der Waals surface area (Å²) in [4.78, 5) is 29.4. The van der Waals surface area contributed by atoms with Crippen LogP contribution in [0, 0.1) is 0 Å². The highest BCUT2D eigenvalue weighted by Crippen LogP contribution is 1.97. The summed E-state index contributed by atoms with van der Waals surface area (Å²) in [5.74, 6) is -0.135. The van der Waals surface area contributed by atoms with Crippen molar-refractivity contribution in [1.29, 1.82) is 0 Å². The van der Waals surface area contributed by atoms with Gasteiger partial charge in [-0.15, -0.1) is 0 Å². The lowest BCUT2D eigenvalue weighted by molar-refractivity contribution is -0.139. The lowest BCUT2D eigenvalue weighted by Crippen LogP contribution is -2.46. The number of carboxylic acid groups (broad SMARTS) is 1. The fourth-order valence-corrected chi connectivity index (χ4v) is 1.65. The highest BCUT2D eigenvalue weighted by atomic mass is 16.4. The van der Waals surface area contributed by atoms with E-state index < -0.39 is 18.0 Å². The van der Waals surface area contributed by atoms with Crippen LogP contribution in [0.4, 0.5) is 4.79 Å². The molecule has 1 heterocycles. The molecule has 106 valence electrons. The van der Waals surface area contributed by atoms with Gasteiger partial charge >= 0.3 is 12.0 Å². The summed E-state index contributed by atoms with van der Waals surface area (Å²) < 4.78 is 0. The van der Waals surface area contributed by atoms with Gasteiger partial charge in [-0.1, -0.05) is 13.3 Å². The first kappa shape index (κ1) is 15.0. The Kier molecular flexibility index (Phi) is 6.42. The molecule has 19 heavy (non-hydrogen) atoms. The first-order valence-corrected chi connectivity index (χ1v) is 6.39. The van der Waals surface area contributed by atoms with Crippen molar-refractivity contribution < 1.29 is 14.7 Å². The van der Waals surface area contributed by atoms with Gasteiger partial charge in [0, 0.05) is 25.4 Å². The third-order valence-electron chi connectivity index (χ3n) is 2.61. The first-order valence-electron chi connectivity index (χ1n) is 6.39. The Labute approximate surface area is 111 Å². The number of carbonyl (C=O) groups is 2. The van der Waals surface area contributed by atoms with Crippen molar-refractivity contribution in [1.82, 2.24) is 20.6 Å². The molecule has 0 radical (unpaired) electrons. The van der Waals surface area contributed by atoms with Gasteiger partial charge in [0.05, 0.1) is 0 Å². The fourth-order valence-electron chi connectivity index (χ4n) is 1.65. The van der Waals surface area contributed by atoms with Crippen molar-refractivity contribution >= 4 is 12.0 Å². The SMILES string of the molecule is CCC[C@@H](NC(=O)NCCCc1ncc[nH]1)C(=O)O. The molecule has 0 aliphatic rings. The maximum atomic E-state index is 11.5. The average Bonchev–Trinajstić information content (AvgIpc) is 2.87. The van der Waals surface area contributed by atoms with Crippen LogP contribution >= 0.6 is 0 Å². The Hall–Kier alpha value is -2.05. The molecule has 0 saturated carbocycles.